The van der Waals surface area contributed by atoms with E-state index in [4.69, 9.17) is 9.73 Å². The third-order valence-electron chi connectivity index (χ3n) is 9.08. The number of likely N-dealkylation sites (tertiary alicyclic amines) is 1. The second kappa shape index (κ2) is 16.4. The number of amidine groups is 1. The molecule has 1 aromatic heterocycles. The van der Waals surface area contributed by atoms with Gasteiger partial charge in [-0.3, -0.25) is 9.59 Å². The van der Waals surface area contributed by atoms with Crippen molar-refractivity contribution in [1.29, 1.82) is 5.26 Å². The number of hydrogen-bond acceptors (Lipinski definition) is 9. The molecule has 2 unspecified atom stereocenters. The summed E-state index contributed by atoms with van der Waals surface area (Å²) in [6.45, 7) is 11.2. The van der Waals surface area contributed by atoms with Crippen molar-refractivity contribution in [2.75, 3.05) is 39.3 Å². The Labute approximate surface area is 277 Å². The number of amides is 2. The van der Waals surface area contributed by atoms with Crippen LogP contribution in [-0.4, -0.2) is 96.0 Å². The largest absolute Gasteiger partial charge is 0.455 e. The number of piperazine rings is 1. The number of nitrogens with zero attached hydrogens (tertiary/aromatic N) is 5. The van der Waals surface area contributed by atoms with Crippen LogP contribution in [0.4, 0.5) is 0 Å². The number of piperidine rings is 1. The molecular formula is C35H49N7O3S. The molecule has 2 N–H and O–H groups in total. The van der Waals surface area contributed by atoms with Crippen molar-refractivity contribution in [2.45, 2.75) is 96.1 Å². The first-order valence-electron chi connectivity index (χ1n) is 16.9. The molecule has 2 aromatic rings. The monoisotopic (exact) mass is 647 g/mol. The maximum absolute atomic E-state index is 14.2. The molecule has 2 fully saturated rings. The summed E-state index contributed by atoms with van der Waals surface area (Å²) < 4.78 is 6.37. The van der Waals surface area contributed by atoms with Crippen LogP contribution in [-0.2, 0) is 20.9 Å². The minimum atomic E-state index is -0.686. The molecule has 2 saturated heterocycles. The third-order valence-corrected chi connectivity index (χ3v) is 9.96. The number of nitrogens with one attached hydrogen (secondary N) is 2. The van der Waals surface area contributed by atoms with Gasteiger partial charge in [-0.1, -0.05) is 44.9 Å². The topological polar surface area (TPSA) is 113 Å². The smallest absolute Gasteiger partial charge is 0.288 e. The molecule has 46 heavy (non-hydrogen) atoms. The molecule has 1 aromatic carbocycles. The average Bonchev–Trinajstić information content (AvgIpc) is 3.74. The summed E-state index contributed by atoms with van der Waals surface area (Å²) in [5.74, 6) is -0.193. The highest BCUT2D eigenvalue weighted by Gasteiger charge is 2.41. The van der Waals surface area contributed by atoms with Gasteiger partial charge in [-0.05, 0) is 81.4 Å². The molecule has 10 nitrogen and oxygen atoms in total. The van der Waals surface area contributed by atoms with Crippen molar-refractivity contribution < 1.29 is 14.3 Å². The molecule has 4 heterocycles. The maximum Gasteiger partial charge on any atom is 0.288 e. The van der Waals surface area contributed by atoms with Gasteiger partial charge in [-0.15, -0.1) is 11.3 Å². The van der Waals surface area contributed by atoms with Crippen LogP contribution >= 0.6 is 11.3 Å². The Morgan fingerprint density at radius 1 is 1.11 bits per heavy atom. The van der Waals surface area contributed by atoms with Crippen LogP contribution in [0.25, 0.3) is 0 Å². The van der Waals surface area contributed by atoms with E-state index in [1.54, 1.807) is 22.3 Å². The Morgan fingerprint density at radius 2 is 1.93 bits per heavy atom. The van der Waals surface area contributed by atoms with Gasteiger partial charge in [0.25, 0.3) is 6.02 Å². The van der Waals surface area contributed by atoms with E-state index in [1.807, 2.05) is 47.5 Å². The fraction of sp³-hybridized carbons (Fsp3) is 0.600. The summed E-state index contributed by atoms with van der Waals surface area (Å²) >= 11 is 1.60. The van der Waals surface area contributed by atoms with Crippen molar-refractivity contribution in [3.05, 3.63) is 57.8 Å². The zero-order chi connectivity index (χ0) is 32.5. The lowest BCUT2D eigenvalue weighted by Gasteiger charge is -2.42. The molecule has 3 aliphatic heterocycles. The molecule has 2 amide bonds. The van der Waals surface area contributed by atoms with E-state index in [9.17, 15) is 14.9 Å². The van der Waals surface area contributed by atoms with Crippen LogP contribution in [0.1, 0.15) is 81.4 Å². The molecule has 0 saturated carbocycles. The Kier molecular flexibility index (Phi) is 12.1. The number of hydrogen-bond donors (Lipinski definition) is 2. The number of aliphatic imine (C=N–C) groups is 1. The summed E-state index contributed by atoms with van der Waals surface area (Å²) in [7, 11) is 0. The standard InChI is InChI=1S/C35H49N7O3S/c1-25(2)38-30(14-5-8-17-40-15-6-4-7-16-40)34(44)42-19-18-41(24-31(42)33(43)37-23-29-13-10-20-46-29)35-39-26(3)32(45-35)28-12-9-11-27(21-28)22-36/h9-13,20-21,25-26,30-32,38H,4-8,14-19,23-24H2,1-3H3,(H,37,43)/t26?,30-,31+,32?/m1/s1. The highest BCUT2D eigenvalue weighted by atomic mass is 32.1. The van der Waals surface area contributed by atoms with Gasteiger partial charge in [0.2, 0.25) is 11.8 Å². The number of nitriles is 1. The zero-order valence-electron chi connectivity index (χ0n) is 27.5. The number of carbonyl (C=O) groups excluding carboxylic acids is 2. The molecule has 3 aliphatic rings. The molecule has 0 radical (unpaired) electrons. The molecule has 248 valence electrons. The van der Waals surface area contributed by atoms with E-state index in [-0.39, 0.29) is 36.0 Å². The minimum Gasteiger partial charge on any atom is -0.455 e. The fourth-order valence-electron chi connectivity index (χ4n) is 6.67. The van der Waals surface area contributed by atoms with E-state index in [0.29, 0.717) is 37.8 Å². The van der Waals surface area contributed by atoms with Gasteiger partial charge in [0.15, 0.2) is 0 Å². The molecule has 0 spiro atoms. The molecule has 0 bridgehead atoms. The Morgan fingerprint density at radius 3 is 2.67 bits per heavy atom. The predicted molar refractivity (Wildman–Crippen MR) is 181 cm³/mol. The lowest BCUT2D eigenvalue weighted by atomic mass is 10.0. The zero-order valence-corrected chi connectivity index (χ0v) is 28.3. The summed E-state index contributed by atoms with van der Waals surface area (Å²) in [4.78, 5) is 40.2. The predicted octanol–water partition coefficient (Wildman–Crippen LogP) is 4.29. The lowest BCUT2D eigenvalue weighted by molar-refractivity contribution is -0.145. The van der Waals surface area contributed by atoms with Crippen molar-refractivity contribution in [3.63, 3.8) is 0 Å². The molecule has 11 heteroatoms. The van der Waals surface area contributed by atoms with Crippen molar-refractivity contribution in [2.24, 2.45) is 4.99 Å². The van der Waals surface area contributed by atoms with Crippen LogP contribution in [0.5, 0.6) is 0 Å². The summed E-state index contributed by atoms with van der Waals surface area (Å²) in [5, 5.41) is 18.0. The molecule has 4 atom stereocenters. The summed E-state index contributed by atoms with van der Waals surface area (Å²) in [6, 6.07) is 13.0. The number of benzene rings is 1. The van der Waals surface area contributed by atoms with E-state index in [2.05, 4.69) is 35.5 Å². The van der Waals surface area contributed by atoms with Crippen LogP contribution in [0.3, 0.4) is 0 Å². The van der Waals surface area contributed by atoms with E-state index in [0.717, 1.165) is 36.2 Å². The normalized spacial score (nSPS) is 22.7. The SMILES string of the molecule is CC(C)N[C@H](CCCCN1CCCCC1)C(=O)N1CCN(C2=NC(C)C(c3cccc(C#N)c3)O2)C[C@H]1C(=O)NCc1cccs1. The first kappa shape index (κ1) is 33.9. The van der Waals surface area contributed by atoms with Crippen molar-refractivity contribution in [1.82, 2.24) is 25.3 Å². The first-order valence-corrected chi connectivity index (χ1v) is 17.8. The summed E-state index contributed by atoms with van der Waals surface area (Å²) in [6.07, 6.45) is 6.33. The van der Waals surface area contributed by atoms with Gasteiger partial charge in [0, 0.05) is 24.0 Å². The number of thiophene rings is 1. The van der Waals surface area contributed by atoms with Crippen molar-refractivity contribution >= 4 is 29.2 Å². The quantitative estimate of drug-likeness (QED) is 0.331. The van der Waals surface area contributed by atoms with Gasteiger partial charge in [-0.2, -0.15) is 5.26 Å². The number of unbranched alkanes of at least 4 members (excludes halogenated alkanes) is 1. The molecule has 5 rings (SSSR count). The molecule has 0 aliphatic carbocycles. The maximum atomic E-state index is 14.2. The Balaban J connectivity index is 1.27. The highest BCUT2D eigenvalue weighted by Crippen LogP contribution is 2.31. The van der Waals surface area contributed by atoms with E-state index < -0.39 is 6.04 Å². The van der Waals surface area contributed by atoms with Gasteiger partial charge in [0.1, 0.15) is 12.1 Å². The van der Waals surface area contributed by atoms with Gasteiger partial charge >= 0.3 is 0 Å². The van der Waals surface area contributed by atoms with Crippen molar-refractivity contribution in [3.8, 4) is 6.07 Å². The van der Waals surface area contributed by atoms with Gasteiger partial charge in [-0.25, -0.2) is 4.99 Å². The minimum absolute atomic E-state index is 0.0172. The Hall–Kier alpha value is -3.46. The van der Waals surface area contributed by atoms with Gasteiger partial charge < -0.3 is 30.1 Å². The summed E-state index contributed by atoms with van der Waals surface area (Å²) in [5.41, 5.74) is 1.47. The van der Waals surface area contributed by atoms with E-state index in [1.165, 1.54) is 32.4 Å². The third kappa shape index (κ3) is 8.87. The van der Waals surface area contributed by atoms with Crippen LogP contribution < -0.4 is 10.6 Å². The van der Waals surface area contributed by atoms with Crippen LogP contribution in [0, 0.1) is 11.3 Å². The Bertz CT molecular complexity index is 1370. The molecular weight excluding hydrogens is 598 g/mol. The van der Waals surface area contributed by atoms with Crippen LogP contribution in [0.2, 0.25) is 0 Å². The number of carbonyl (C=O) groups is 2. The number of rotatable bonds is 12. The second-order valence-electron chi connectivity index (χ2n) is 13.0. The second-order valence-corrected chi connectivity index (χ2v) is 14.0. The van der Waals surface area contributed by atoms with Gasteiger partial charge in [0.05, 0.1) is 36.8 Å². The lowest BCUT2D eigenvalue weighted by Crippen LogP contribution is -2.64. The number of ether oxygens (including phenoxy) is 1. The van der Waals surface area contributed by atoms with E-state index >= 15 is 0 Å². The fourth-order valence-corrected chi connectivity index (χ4v) is 7.31. The highest BCUT2D eigenvalue weighted by molar-refractivity contribution is 7.09. The average molecular weight is 648 g/mol. The first-order chi connectivity index (χ1) is 22.3. The van der Waals surface area contributed by atoms with Crippen LogP contribution in [0.15, 0.2) is 46.8 Å².